The zero-order valence-electron chi connectivity index (χ0n) is 8.28. The Morgan fingerprint density at radius 1 is 1.13 bits per heavy atom. The molecular formula is C8H18N2O5. The molecule has 1 saturated heterocycles. The Hall–Kier alpha value is -0.280. The zero-order valence-corrected chi connectivity index (χ0v) is 8.28. The SMILES string of the molecule is NCCN[C@@H]1O[C@@H](CO)[C@@H](O)[C@@H](O)[C@@H]1O. The minimum Gasteiger partial charge on any atom is -0.394 e. The van der Waals surface area contributed by atoms with Crippen LogP contribution in [0.1, 0.15) is 0 Å². The monoisotopic (exact) mass is 222 g/mol. The van der Waals surface area contributed by atoms with Crippen LogP contribution in [0.3, 0.4) is 0 Å². The summed E-state index contributed by atoms with van der Waals surface area (Å²) in [5.74, 6) is 0. The Morgan fingerprint density at radius 2 is 1.80 bits per heavy atom. The Balaban J connectivity index is 2.57. The van der Waals surface area contributed by atoms with Crippen molar-refractivity contribution >= 4 is 0 Å². The number of hydrogen-bond donors (Lipinski definition) is 6. The van der Waals surface area contributed by atoms with E-state index >= 15 is 0 Å². The topological polar surface area (TPSA) is 128 Å². The number of aliphatic hydroxyl groups is 4. The summed E-state index contributed by atoms with van der Waals surface area (Å²) in [7, 11) is 0. The van der Waals surface area contributed by atoms with Crippen molar-refractivity contribution in [1.29, 1.82) is 0 Å². The molecule has 15 heavy (non-hydrogen) atoms. The van der Waals surface area contributed by atoms with Crippen LogP contribution < -0.4 is 11.1 Å². The van der Waals surface area contributed by atoms with Crippen LogP contribution in [0, 0.1) is 0 Å². The van der Waals surface area contributed by atoms with Gasteiger partial charge in [0, 0.05) is 13.1 Å². The molecule has 0 amide bonds. The van der Waals surface area contributed by atoms with Crippen LogP contribution in [0.5, 0.6) is 0 Å². The van der Waals surface area contributed by atoms with E-state index in [1.807, 2.05) is 0 Å². The highest BCUT2D eigenvalue weighted by Gasteiger charge is 2.42. The molecule has 0 unspecified atom stereocenters. The molecule has 0 bridgehead atoms. The maximum atomic E-state index is 9.53. The summed E-state index contributed by atoms with van der Waals surface area (Å²) in [6.07, 6.45) is -5.61. The van der Waals surface area contributed by atoms with Crippen molar-refractivity contribution in [2.75, 3.05) is 19.7 Å². The first-order valence-corrected chi connectivity index (χ1v) is 4.85. The van der Waals surface area contributed by atoms with Crippen LogP contribution in [-0.2, 0) is 4.74 Å². The lowest BCUT2D eigenvalue weighted by molar-refractivity contribution is -0.236. The van der Waals surface area contributed by atoms with Crippen molar-refractivity contribution in [3.05, 3.63) is 0 Å². The molecule has 7 nitrogen and oxygen atoms in total. The molecule has 7 heteroatoms. The highest BCUT2D eigenvalue weighted by molar-refractivity contribution is 4.90. The summed E-state index contributed by atoms with van der Waals surface area (Å²) in [5, 5.41) is 40.0. The molecule has 1 rings (SSSR count). The lowest BCUT2D eigenvalue weighted by atomic mass is 9.98. The number of ether oxygens (including phenoxy) is 1. The third kappa shape index (κ3) is 2.85. The van der Waals surface area contributed by atoms with Crippen molar-refractivity contribution in [3.8, 4) is 0 Å². The predicted molar refractivity (Wildman–Crippen MR) is 50.8 cm³/mol. The van der Waals surface area contributed by atoms with Gasteiger partial charge in [-0.25, -0.2) is 0 Å². The zero-order chi connectivity index (χ0) is 11.4. The largest absolute Gasteiger partial charge is 0.394 e. The molecule has 1 aliphatic heterocycles. The smallest absolute Gasteiger partial charge is 0.137 e. The molecule has 0 spiro atoms. The number of nitrogens with two attached hydrogens (primary N) is 1. The van der Waals surface area contributed by atoms with Gasteiger partial charge < -0.3 is 30.9 Å². The molecule has 0 saturated carbocycles. The predicted octanol–water partition coefficient (Wildman–Crippen LogP) is -3.67. The van der Waals surface area contributed by atoms with E-state index in [4.69, 9.17) is 15.6 Å². The van der Waals surface area contributed by atoms with Crippen LogP contribution in [0.4, 0.5) is 0 Å². The second-order valence-corrected chi connectivity index (χ2v) is 3.49. The molecule has 0 aromatic rings. The van der Waals surface area contributed by atoms with Crippen molar-refractivity contribution in [2.24, 2.45) is 5.73 Å². The Bertz CT molecular complexity index is 192. The van der Waals surface area contributed by atoms with Gasteiger partial charge in [0.15, 0.2) is 0 Å². The molecule has 1 heterocycles. The lowest BCUT2D eigenvalue weighted by Gasteiger charge is -2.40. The first-order chi connectivity index (χ1) is 7.11. The van der Waals surface area contributed by atoms with Gasteiger partial charge in [-0.05, 0) is 0 Å². The fraction of sp³-hybridized carbons (Fsp3) is 1.00. The molecule has 0 aliphatic carbocycles. The van der Waals surface area contributed by atoms with E-state index in [2.05, 4.69) is 5.32 Å². The van der Waals surface area contributed by atoms with E-state index in [0.29, 0.717) is 13.1 Å². The summed E-state index contributed by atoms with van der Waals surface area (Å²) in [4.78, 5) is 0. The molecule has 5 atom stereocenters. The summed E-state index contributed by atoms with van der Waals surface area (Å²) in [5.41, 5.74) is 5.26. The van der Waals surface area contributed by atoms with E-state index in [1.165, 1.54) is 0 Å². The highest BCUT2D eigenvalue weighted by atomic mass is 16.6. The third-order valence-electron chi connectivity index (χ3n) is 2.38. The van der Waals surface area contributed by atoms with E-state index in [-0.39, 0.29) is 0 Å². The highest BCUT2D eigenvalue weighted by Crippen LogP contribution is 2.19. The van der Waals surface area contributed by atoms with Crippen LogP contribution in [-0.4, -0.2) is 70.8 Å². The van der Waals surface area contributed by atoms with Gasteiger partial charge in [-0.15, -0.1) is 0 Å². The summed E-state index contributed by atoms with van der Waals surface area (Å²) in [6.45, 7) is 0.337. The van der Waals surface area contributed by atoms with Crippen molar-refractivity contribution in [2.45, 2.75) is 30.6 Å². The van der Waals surface area contributed by atoms with Crippen molar-refractivity contribution < 1.29 is 25.2 Å². The molecule has 0 aromatic heterocycles. The summed E-state index contributed by atoms with van der Waals surface area (Å²) >= 11 is 0. The van der Waals surface area contributed by atoms with Crippen LogP contribution >= 0.6 is 0 Å². The first kappa shape index (κ1) is 12.8. The van der Waals surface area contributed by atoms with E-state index < -0.39 is 37.3 Å². The fourth-order valence-corrected chi connectivity index (χ4v) is 1.50. The third-order valence-corrected chi connectivity index (χ3v) is 2.38. The van der Waals surface area contributed by atoms with Crippen LogP contribution in [0.25, 0.3) is 0 Å². The Labute approximate surface area is 87.5 Å². The molecular weight excluding hydrogens is 204 g/mol. The van der Waals surface area contributed by atoms with Gasteiger partial charge in [-0.2, -0.15) is 0 Å². The normalized spacial score (nSPS) is 41.8. The van der Waals surface area contributed by atoms with Gasteiger partial charge in [-0.1, -0.05) is 0 Å². The molecule has 0 aromatic carbocycles. The first-order valence-electron chi connectivity index (χ1n) is 4.85. The maximum absolute atomic E-state index is 9.53. The van der Waals surface area contributed by atoms with Crippen LogP contribution in [0.15, 0.2) is 0 Å². The van der Waals surface area contributed by atoms with E-state index in [9.17, 15) is 15.3 Å². The number of hydrogen-bond acceptors (Lipinski definition) is 7. The second-order valence-electron chi connectivity index (χ2n) is 3.49. The summed E-state index contributed by atoms with van der Waals surface area (Å²) < 4.78 is 5.16. The molecule has 90 valence electrons. The number of aliphatic hydroxyl groups excluding tert-OH is 4. The minimum absolute atomic E-state index is 0.356. The second kappa shape index (κ2) is 5.71. The minimum atomic E-state index is -1.34. The Morgan fingerprint density at radius 3 is 2.33 bits per heavy atom. The van der Waals surface area contributed by atoms with E-state index in [0.717, 1.165) is 0 Å². The quantitative estimate of drug-likeness (QED) is 0.289. The van der Waals surface area contributed by atoms with Gasteiger partial charge in [0.25, 0.3) is 0 Å². The van der Waals surface area contributed by atoms with E-state index in [1.54, 1.807) is 0 Å². The standard InChI is InChI=1S/C8H18N2O5/c9-1-2-10-8-7(14)6(13)5(12)4(3-11)15-8/h4-8,10-14H,1-3,9H2/t4-,5+,6+,7-,8+/m0/s1. The number of rotatable bonds is 4. The average Bonchev–Trinajstić information content (AvgIpc) is 2.25. The maximum Gasteiger partial charge on any atom is 0.137 e. The van der Waals surface area contributed by atoms with Gasteiger partial charge in [-0.3, -0.25) is 5.32 Å². The van der Waals surface area contributed by atoms with Gasteiger partial charge in [0.1, 0.15) is 30.6 Å². The molecule has 1 aliphatic rings. The van der Waals surface area contributed by atoms with Crippen LogP contribution in [0.2, 0.25) is 0 Å². The van der Waals surface area contributed by atoms with Crippen molar-refractivity contribution in [1.82, 2.24) is 5.32 Å². The summed E-state index contributed by atoms with van der Waals surface area (Å²) in [6, 6.07) is 0. The average molecular weight is 222 g/mol. The number of nitrogens with one attached hydrogen (secondary N) is 1. The lowest BCUT2D eigenvalue weighted by Crippen LogP contribution is -2.62. The van der Waals surface area contributed by atoms with Gasteiger partial charge >= 0.3 is 0 Å². The Kier molecular flexibility index (Phi) is 4.87. The van der Waals surface area contributed by atoms with Gasteiger partial charge in [0.05, 0.1) is 6.61 Å². The molecule has 7 N–H and O–H groups in total. The van der Waals surface area contributed by atoms with Gasteiger partial charge in [0.2, 0.25) is 0 Å². The van der Waals surface area contributed by atoms with Crippen molar-refractivity contribution in [3.63, 3.8) is 0 Å². The molecule has 0 radical (unpaired) electrons. The molecule has 1 fully saturated rings. The fourth-order valence-electron chi connectivity index (χ4n) is 1.50.